The van der Waals surface area contributed by atoms with Gasteiger partial charge in [-0.05, 0) is 24.3 Å². The minimum Gasteiger partial charge on any atom is -0.497 e. The van der Waals surface area contributed by atoms with E-state index < -0.39 is 0 Å². The van der Waals surface area contributed by atoms with Gasteiger partial charge >= 0.3 is 0 Å². The van der Waals surface area contributed by atoms with Crippen LogP contribution in [-0.4, -0.2) is 29.9 Å². The average molecular weight is 369 g/mol. The number of fused-ring (bicyclic) bond motifs is 1. The predicted octanol–water partition coefficient (Wildman–Crippen LogP) is 1.74. The molecule has 8 heteroatoms. The smallest absolute Gasteiger partial charge is 0.273 e. The molecule has 0 spiro atoms. The van der Waals surface area contributed by atoms with Crippen LogP contribution in [0.2, 0.25) is 0 Å². The number of nitrogens with zero attached hydrogens (tertiary/aromatic N) is 1. The topological polar surface area (TPSA) is 102 Å². The maximum absolute atomic E-state index is 12.4. The number of methoxy groups -OCH3 is 2. The van der Waals surface area contributed by atoms with Crippen molar-refractivity contribution in [3.63, 3.8) is 0 Å². The molecular weight excluding hydrogens is 350 g/mol. The number of amides is 1. The van der Waals surface area contributed by atoms with Crippen LogP contribution in [0.5, 0.6) is 11.5 Å². The van der Waals surface area contributed by atoms with E-state index in [2.05, 4.69) is 10.4 Å². The lowest BCUT2D eigenvalue weighted by Crippen LogP contribution is -2.31. The molecule has 2 N–H and O–H groups in total. The number of H-pyrrole nitrogens is 1. The second kappa shape index (κ2) is 7.77. The van der Waals surface area contributed by atoms with E-state index in [1.165, 1.54) is 14.2 Å². The van der Waals surface area contributed by atoms with Gasteiger partial charge in [0.15, 0.2) is 0 Å². The van der Waals surface area contributed by atoms with E-state index >= 15 is 0 Å². The van der Waals surface area contributed by atoms with Gasteiger partial charge in [-0.1, -0.05) is 12.1 Å². The van der Waals surface area contributed by atoms with E-state index in [9.17, 15) is 14.4 Å². The van der Waals surface area contributed by atoms with E-state index in [0.29, 0.717) is 28.0 Å². The van der Waals surface area contributed by atoms with Crippen molar-refractivity contribution in [1.82, 2.24) is 9.78 Å². The number of hydrogen-bond acceptors (Lipinski definition) is 5. The number of carbonyl (C=O) groups excluding carboxylic acids is 1. The van der Waals surface area contributed by atoms with Crippen molar-refractivity contribution in [3.05, 3.63) is 63.2 Å². The Labute approximate surface area is 154 Å². The molecule has 0 saturated carbocycles. The van der Waals surface area contributed by atoms with E-state index in [0.717, 1.165) is 4.68 Å². The average Bonchev–Trinajstić information content (AvgIpc) is 2.70. The van der Waals surface area contributed by atoms with Gasteiger partial charge in [0, 0.05) is 12.5 Å². The fourth-order valence-corrected chi connectivity index (χ4v) is 2.73. The molecule has 0 fully saturated rings. The summed E-state index contributed by atoms with van der Waals surface area (Å²) in [5.41, 5.74) is -0.231. The molecular formula is C19H19N3O5. The van der Waals surface area contributed by atoms with Crippen LogP contribution >= 0.6 is 0 Å². The number of hydrogen-bond donors (Lipinski definition) is 2. The lowest BCUT2D eigenvalue weighted by Gasteiger charge is -2.12. The maximum atomic E-state index is 12.4. The van der Waals surface area contributed by atoms with Crippen molar-refractivity contribution in [3.8, 4) is 11.5 Å². The quantitative estimate of drug-likeness (QED) is 0.689. The van der Waals surface area contributed by atoms with Crippen LogP contribution in [0.3, 0.4) is 0 Å². The number of rotatable bonds is 6. The van der Waals surface area contributed by atoms with E-state index in [1.54, 1.807) is 42.5 Å². The molecule has 0 atom stereocenters. The molecule has 1 amide bonds. The Morgan fingerprint density at radius 2 is 1.81 bits per heavy atom. The number of nitrogens with one attached hydrogen (secondary N) is 2. The van der Waals surface area contributed by atoms with Crippen molar-refractivity contribution < 1.29 is 14.3 Å². The molecule has 0 aliphatic rings. The van der Waals surface area contributed by atoms with Gasteiger partial charge in [-0.3, -0.25) is 19.5 Å². The van der Waals surface area contributed by atoms with Gasteiger partial charge in [-0.15, -0.1) is 0 Å². The molecule has 0 unspecified atom stereocenters. The van der Waals surface area contributed by atoms with E-state index in [4.69, 9.17) is 9.47 Å². The third kappa shape index (κ3) is 3.84. The third-order valence-corrected chi connectivity index (χ3v) is 4.13. The summed E-state index contributed by atoms with van der Waals surface area (Å²) in [6, 6.07) is 11.6. The van der Waals surface area contributed by atoms with Crippen LogP contribution in [0.4, 0.5) is 5.69 Å². The summed E-state index contributed by atoms with van der Waals surface area (Å²) in [5, 5.41) is 5.87. The SMILES string of the molecule is COc1ccc(NC(=O)CCn2[nH]c(=O)c3ccccc3c2=O)c(OC)c1. The Balaban J connectivity index is 1.75. The zero-order valence-corrected chi connectivity index (χ0v) is 14.9. The fourth-order valence-electron chi connectivity index (χ4n) is 2.73. The lowest BCUT2D eigenvalue weighted by atomic mass is 10.2. The molecule has 1 heterocycles. The van der Waals surface area contributed by atoms with Gasteiger partial charge in [0.2, 0.25) is 5.91 Å². The van der Waals surface area contributed by atoms with Crippen molar-refractivity contribution in [1.29, 1.82) is 0 Å². The summed E-state index contributed by atoms with van der Waals surface area (Å²) in [7, 11) is 3.03. The monoisotopic (exact) mass is 369 g/mol. The second-order valence-corrected chi connectivity index (χ2v) is 5.81. The molecule has 0 aliphatic carbocycles. The third-order valence-electron chi connectivity index (χ3n) is 4.13. The number of aromatic nitrogens is 2. The summed E-state index contributed by atoms with van der Waals surface area (Å²) >= 11 is 0. The maximum Gasteiger partial charge on any atom is 0.273 e. The van der Waals surface area contributed by atoms with Crippen LogP contribution < -0.4 is 25.9 Å². The Bertz CT molecular complexity index is 1100. The number of anilines is 1. The molecule has 3 rings (SSSR count). The minimum absolute atomic E-state index is 0.00334. The van der Waals surface area contributed by atoms with Gasteiger partial charge in [0.05, 0.1) is 37.2 Å². The Morgan fingerprint density at radius 1 is 1.07 bits per heavy atom. The highest BCUT2D eigenvalue weighted by Gasteiger charge is 2.11. The van der Waals surface area contributed by atoms with Gasteiger partial charge in [-0.25, -0.2) is 4.68 Å². The van der Waals surface area contributed by atoms with Gasteiger partial charge in [0.1, 0.15) is 11.5 Å². The first kappa shape index (κ1) is 18.2. The number of aromatic amines is 1. The first-order valence-corrected chi connectivity index (χ1v) is 8.27. The lowest BCUT2D eigenvalue weighted by molar-refractivity contribution is -0.116. The van der Waals surface area contributed by atoms with E-state index in [1.807, 2.05) is 0 Å². The summed E-state index contributed by atoms with van der Waals surface area (Å²) < 4.78 is 11.5. The van der Waals surface area contributed by atoms with E-state index in [-0.39, 0.29) is 30.0 Å². The standard InChI is InChI=1S/C19H19N3O5/c1-26-12-7-8-15(16(11-12)27-2)20-17(23)9-10-22-19(25)14-6-4-3-5-13(14)18(24)21-22/h3-8,11H,9-10H2,1-2H3,(H,20,23)(H,21,24). The van der Waals surface area contributed by atoms with Gasteiger partial charge < -0.3 is 14.8 Å². The van der Waals surface area contributed by atoms with Crippen molar-refractivity contribution in [2.45, 2.75) is 13.0 Å². The molecule has 8 nitrogen and oxygen atoms in total. The fraction of sp³-hybridized carbons (Fsp3) is 0.211. The summed E-state index contributed by atoms with van der Waals surface area (Å²) in [5.74, 6) is 0.739. The first-order chi connectivity index (χ1) is 13.0. The molecule has 140 valence electrons. The number of aryl methyl sites for hydroxylation is 1. The van der Waals surface area contributed by atoms with Gasteiger partial charge in [0.25, 0.3) is 11.1 Å². The highest BCUT2D eigenvalue weighted by Crippen LogP contribution is 2.29. The second-order valence-electron chi connectivity index (χ2n) is 5.81. The Kier molecular flexibility index (Phi) is 5.25. The van der Waals surface area contributed by atoms with Crippen LogP contribution in [-0.2, 0) is 11.3 Å². The van der Waals surface area contributed by atoms with Crippen molar-refractivity contribution in [2.24, 2.45) is 0 Å². The molecule has 2 aromatic carbocycles. The number of ether oxygens (including phenoxy) is 2. The summed E-state index contributed by atoms with van der Waals surface area (Å²) in [6.07, 6.45) is 0.00334. The number of carbonyl (C=O) groups is 1. The molecule has 0 radical (unpaired) electrons. The summed E-state index contributed by atoms with van der Waals surface area (Å²) in [6.45, 7) is 0.0449. The van der Waals surface area contributed by atoms with Gasteiger partial charge in [-0.2, -0.15) is 0 Å². The molecule has 1 aromatic heterocycles. The molecule has 3 aromatic rings. The minimum atomic E-state index is -0.373. The zero-order valence-electron chi connectivity index (χ0n) is 14.9. The first-order valence-electron chi connectivity index (χ1n) is 8.27. The highest BCUT2D eigenvalue weighted by molar-refractivity contribution is 5.92. The largest absolute Gasteiger partial charge is 0.497 e. The Hall–Kier alpha value is -3.55. The van der Waals surface area contributed by atoms with Crippen LogP contribution in [0, 0.1) is 0 Å². The summed E-state index contributed by atoms with van der Waals surface area (Å²) in [4.78, 5) is 36.8. The number of benzene rings is 2. The molecule has 0 aliphatic heterocycles. The van der Waals surface area contributed by atoms with Crippen LogP contribution in [0.25, 0.3) is 10.8 Å². The van der Waals surface area contributed by atoms with Crippen LogP contribution in [0.1, 0.15) is 6.42 Å². The normalized spacial score (nSPS) is 10.6. The van der Waals surface area contributed by atoms with Crippen molar-refractivity contribution >= 4 is 22.4 Å². The molecule has 0 bridgehead atoms. The highest BCUT2D eigenvalue weighted by atomic mass is 16.5. The van der Waals surface area contributed by atoms with Crippen LogP contribution in [0.15, 0.2) is 52.1 Å². The Morgan fingerprint density at radius 3 is 2.52 bits per heavy atom. The molecule has 27 heavy (non-hydrogen) atoms. The molecule has 0 saturated heterocycles. The van der Waals surface area contributed by atoms with Crippen molar-refractivity contribution in [2.75, 3.05) is 19.5 Å². The predicted molar refractivity (Wildman–Crippen MR) is 102 cm³/mol. The zero-order chi connectivity index (χ0) is 19.4.